The molecule has 4 heteroatoms. The minimum absolute atomic E-state index is 0.0889. The van der Waals surface area contributed by atoms with Gasteiger partial charge in [-0.3, -0.25) is 4.79 Å². The lowest BCUT2D eigenvalue weighted by Gasteiger charge is -2.08. The maximum Gasteiger partial charge on any atom is 0.224 e. The first kappa shape index (κ1) is 26.8. The highest BCUT2D eigenvalue weighted by molar-refractivity contribution is 5.43. The van der Waals surface area contributed by atoms with E-state index in [1.165, 1.54) is 89.5 Å². The van der Waals surface area contributed by atoms with Crippen molar-refractivity contribution in [3.8, 4) is 11.8 Å². The van der Waals surface area contributed by atoms with Crippen molar-refractivity contribution < 1.29 is 4.74 Å². The highest BCUT2D eigenvalue weighted by Crippen LogP contribution is 2.15. The first-order valence-corrected chi connectivity index (χ1v) is 12.3. The fourth-order valence-electron chi connectivity index (χ4n) is 3.69. The van der Waals surface area contributed by atoms with Gasteiger partial charge < -0.3 is 9.30 Å². The standard InChI is InChI=1S/C27H42N2O2/c1-3-5-6-7-8-9-10-11-12-13-14-15-16-17-18-19-21-29-22-20-26(30)27(25(29)24-28)31-23-4-2/h4,19-22H,2-3,5-18,23H2,1H3. The van der Waals surface area contributed by atoms with E-state index in [1.807, 2.05) is 6.20 Å². The normalized spacial score (nSPS) is 11.0. The van der Waals surface area contributed by atoms with Crippen molar-refractivity contribution in [1.29, 1.82) is 5.26 Å². The van der Waals surface area contributed by atoms with Gasteiger partial charge in [0.15, 0.2) is 5.69 Å². The number of ether oxygens (including phenoxy) is 1. The molecule has 0 fully saturated rings. The van der Waals surface area contributed by atoms with E-state index in [0.29, 0.717) is 0 Å². The van der Waals surface area contributed by atoms with Gasteiger partial charge in [-0.15, -0.1) is 0 Å². The van der Waals surface area contributed by atoms with Crippen molar-refractivity contribution in [2.45, 2.75) is 103 Å². The largest absolute Gasteiger partial charge is 0.483 e. The van der Waals surface area contributed by atoms with Crippen LogP contribution in [0.4, 0.5) is 0 Å². The molecule has 0 saturated carbocycles. The van der Waals surface area contributed by atoms with Crippen LogP contribution in [0, 0.1) is 11.3 Å². The molecule has 0 saturated heterocycles. The van der Waals surface area contributed by atoms with Gasteiger partial charge in [-0.25, -0.2) is 0 Å². The molecule has 0 aliphatic heterocycles. The van der Waals surface area contributed by atoms with Crippen LogP contribution < -0.4 is 10.2 Å². The first-order valence-electron chi connectivity index (χ1n) is 12.3. The van der Waals surface area contributed by atoms with Crippen molar-refractivity contribution in [1.82, 2.24) is 4.57 Å². The van der Waals surface area contributed by atoms with Crippen molar-refractivity contribution >= 4 is 6.20 Å². The predicted molar refractivity (Wildman–Crippen MR) is 131 cm³/mol. The maximum absolute atomic E-state index is 11.9. The van der Waals surface area contributed by atoms with Crippen LogP contribution >= 0.6 is 0 Å². The lowest BCUT2D eigenvalue weighted by atomic mass is 10.0. The molecule has 0 atom stereocenters. The Hall–Kier alpha value is -2.28. The van der Waals surface area contributed by atoms with Crippen LogP contribution in [-0.2, 0) is 0 Å². The molecule has 0 radical (unpaired) electrons. The summed E-state index contributed by atoms with van der Waals surface area (Å²) < 4.78 is 7.03. The predicted octanol–water partition coefficient (Wildman–Crippen LogP) is 7.63. The second kappa shape index (κ2) is 18.5. The van der Waals surface area contributed by atoms with Gasteiger partial charge in [0.1, 0.15) is 12.7 Å². The fourth-order valence-corrected chi connectivity index (χ4v) is 3.69. The average Bonchev–Trinajstić information content (AvgIpc) is 2.78. The highest BCUT2D eigenvalue weighted by Gasteiger charge is 2.10. The van der Waals surface area contributed by atoms with Crippen molar-refractivity contribution in [2.75, 3.05) is 6.61 Å². The number of hydrogen-bond acceptors (Lipinski definition) is 3. The van der Waals surface area contributed by atoms with E-state index in [9.17, 15) is 10.1 Å². The van der Waals surface area contributed by atoms with E-state index in [4.69, 9.17) is 4.74 Å². The lowest BCUT2D eigenvalue weighted by molar-refractivity contribution is 0.356. The van der Waals surface area contributed by atoms with Crippen LogP contribution in [0.1, 0.15) is 109 Å². The SMILES string of the molecule is C=CCOc1c(C#N)n(C=CCCCCCCCCCCCCCCCC)ccc1=O. The Labute approximate surface area is 189 Å². The Morgan fingerprint density at radius 2 is 1.52 bits per heavy atom. The van der Waals surface area contributed by atoms with Crippen molar-refractivity contribution in [2.24, 2.45) is 0 Å². The Bertz CT molecular complexity index is 728. The minimum Gasteiger partial charge on any atom is -0.483 e. The van der Waals surface area contributed by atoms with E-state index < -0.39 is 0 Å². The molecule has 0 unspecified atom stereocenters. The summed E-state index contributed by atoms with van der Waals surface area (Å²) in [7, 11) is 0. The summed E-state index contributed by atoms with van der Waals surface area (Å²) in [5, 5.41) is 9.41. The zero-order valence-corrected chi connectivity index (χ0v) is 19.6. The molecule has 0 aromatic carbocycles. The van der Waals surface area contributed by atoms with E-state index in [2.05, 4.69) is 25.6 Å². The number of unbranched alkanes of at least 4 members (excludes halogenated alkanes) is 14. The van der Waals surface area contributed by atoms with Gasteiger partial charge >= 0.3 is 0 Å². The molecular weight excluding hydrogens is 384 g/mol. The van der Waals surface area contributed by atoms with Crippen LogP contribution in [0.2, 0.25) is 0 Å². The van der Waals surface area contributed by atoms with Crippen LogP contribution in [0.25, 0.3) is 6.20 Å². The van der Waals surface area contributed by atoms with Crippen molar-refractivity contribution in [3.63, 3.8) is 0 Å². The van der Waals surface area contributed by atoms with Crippen LogP contribution in [-0.4, -0.2) is 11.2 Å². The Morgan fingerprint density at radius 3 is 2.03 bits per heavy atom. The Balaban J connectivity index is 2.12. The van der Waals surface area contributed by atoms with Crippen LogP contribution in [0.3, 0.4) is 0 Å². The van der Waals surface area contributed by atoms with Crippen LogP contribution in [0.15, 0.2) is 35.8 Å². The molecular formula is C27H42N2O2. The number of hydrogen-bond donors (Lipinski definition) is 0. The molecule has 4 nitrogen and oxygen atoms in total. The van der Waals surface area contributed by atoms with Gasteiger partial charge in [0.05, 0.1) is 0 Å². The molecule has 31 heavy (non-hydrogen) atoms. The summed E-state index contributed by atoms with van der Waals surface area (Å²) >= 11 is 0. The molecule has 1 aromatic heterocycles. The molecule has 0 spiro atoms. The van der Waals surface area contributed by atoms with E-state index in [-0.39, 0.29) is 23.5 Å². The van der Waals surface area contributed by atoms with Gasteiger partial charge in [0, 0.05) is 18.5 Å². The molecule has 0 bridgehead atoms. The molecule has 0 aliphatic carbocycles. The Morgan fingerprint density at radius 1 is 0.968 bits per heavy atom. The number of rotatable bonds is 19. The number of nitriles is 1. The van der Waals surface area contributed by atoms with Gasteiger partial charge in [-0.1, -0.05) is 109 Å². The number of pyridine rings is 1. The lowest BCUT2D eigenvalue weighted by Crippen LogP contribution is -2.13. The maximum atomic E-state index is 11.9. The molecule has 1 heterocycles. The Kier molecular flexibility index (Phi) is 16.0. The van der Waals surface area contributed by atoms with Gasteiger partial charge in [-0.05, 0) is 12.8 Å². The second-order valence-corrected chi connectivity index (χ2v) is 8.25. The van der Waals surface area contributed by atoms with Crippen molar-refractivity contribution in [3.05, 3.63) is 46.9 Å². The third-order valence-electron chi connectivity index (χ3n) is 5.53. The summed E-state index contributed by atoms with van der Waals surface area (Å²) in [6.07, 6.45) is 27.0. The van der Waals surface area contributed by atoms with E-state index in [1.54, 1.807) is 16.8 Å². The minimum atomic E-state index is -0.282. The number of allylic oxidation sites excluding steroid dienone is 1. The summed E-state index contributed by atoms with van der Waals surface area (Å²) in [5.74, 6) is 0.0889. The summed E-state index contributed by atoms with van der Waals surface area (Å²) in [6.45, 7) is 6.05. The summed E-state index contributed by atoms with van der Waals surface area (Å²) in [4.78, 5) is 11.9. The van der Waals surface area contributed by atoms with Crippen LogP contribution in [0.5, 0.6) is 5.75 Å². The third-order valence-corrected chi connectivity index (χ3v) is 5.53. The fraction of sp³-hybridized carbons (Fsp3) is 0.630. The summed E-state index contributed by atoms with van der Waals surface area (Å²) in [6, 6.07) is 3.50. The smallest absolute Gasteiger partial charge is 0.224 e. The number of nitrogens with zero attached hydrogens (tertiary/aromatic N) is 2. The third kappa shape index (κ3) is 12.2. The van der Waals surface area contributed by atoms with Gasteiger partial charge in [-0.2, -0.15) is 5.26 Å². The monoisotopic (exact) mass is 426 g/mol. The topological polar surface area (TPSA) is 55.0 Å². The zero-order valence-electron chi connectivity index (χ0n) is 19.6. The first-order chi connectivity index (χ1) is 15.2. The molecule has 1 aromatic rings. The second-order valence-electron chi connectivity index (χ2n) is 8.25. The van der Waals surface area contributed by atoms with E-state index >= 15 is 0 Å². The zero-order chi connectivity index (χ0) is 22.6. The average molecular weight is 427 g/mol. The molecule has 1 rings (SSSR count). The van der Waals surface area contributed by atoms with Gasteiger partial charge in [0.25, 0.3) is 0 Å². The molecule has 0 N–H and O–H groups in total. The summed E-state index contributed by atoms with van der Waals surface area (Å²) in [5.41, 5.74) is -0.0541. The van der Waals surface area contributed by atoms with E-state index in [0.717, 1.165) is 12.8 Å². The highest BCUT2D eigenvalue weighted by atomic mass is 16.5. The van der Waals surface area contributed by atoms with Gasteiger partial charge in [0.2, 0.25) is 11.2 Å². The number of aromatic nitrogens is 1. The molecule has 0 amide bonds. The quantitative estimate of drug-likeness (QED) is 0.169. The molecule has 0 aliphatic rings. The molecule has 172 valence electrons.